The van der Waals surface area contributed by atoms with Crippen molar-refractivity contribution in [3.05, 3.63) is 141 Å². The molecular weight excluding hydrogens is 645 g/mol. The maximum atomic E-state index is 11.3. The monoisotopic (exact) mass is 704 g/mol. The molecule has 5 aromatic rings. The van der Waals surface area contributed by atoms with Crippen LogP contribution in [0.15, 0.2) is 91.0 Å². The normalized spacial score (nSPS) is 13.0. The number of hydrogen-bond donors (Lipinski definition) is 2. The lowest BCUT2D eigenvalue weighted by Gasteiger charge is -2.28. The summed E-state index contributed by atoms with van der Waals surface area (Å²) in [6.45, 7) is 28.1. The van der Waals surface area contributed by atoms with E-state index >= 15 is 0 Å². The second-order valence-corrected chi connectivity index (χ2v) is 18.8. The molecule has 0 unspecified atom stereocenters. The standard InChI is InChI=1S/C51H60O2/c1-33-18-19-36(28-41(33)39-31-44(50(8,9)10)47(53)45(32-39)51(11,12)13)25-24-34-20-22-35(23-21-34)26-27-37-16-14-15-17-40(37)38-29-42(48(2,3)4)46(52)43(30-38)49(5,6)7/h14-32,52-53H,1-13H3/b25-24+,27-26+. The summed E-state index contributed by atoms with van der Waals surface area (Å²) in [6, 6.07) is 32.4. The molecule has 0 heterocycles. The van der Waals surface area contributed by atoms with E-state index in [0.29, 0.717) is 11.5 Å². The van der Waals surface area contributed by atoms with Gasteiger partial charge in [0.15, 0.2) is 0 Å². The van der Waals surface area contributed by atoms with Crippen LogP contribution in [0.4, 0.5) is 0 Å². The zero-order valence-electron chi connectivity index (χ0n) is 34.4. The van der Waals surface area contributed by atoms with Gasteiger partial charge in [0.1, 0.15) is 11.5 Å². The fraction of sp³-hybridized carbons (Fsp3) is 0.333. The van der Waals surface area contributed by atoms with Crippen LogP contribution in [0.2, 0.25) is 0 Å². The minimum atomic E-state index is -0.193. The quantitative estimate of drug-likeness (QED) is 0.173. The Morgan fingerprint density at radius 2 is 0.755 bits per heavy atom. The molecule has 0 saturated heterocycles. The second-order valence-electron chi connectivity index (χ2n) is 18.8. The molecule has 0 amide bonds. The molecule has 0 saturated carbocycles. The Balaban J connectivity index is 1.41. The van der Waals surface area contributed by atoms with Crippen molar-refractivity contribution < 1.29 is 10.2 Å². The first-order valence-corrected chi connectivity index (χ1v) is 19.0. The Morgan fingerprint density at radius 3 is 1.19 bits per heavy atom. The predicted octanol–water partition coefficient (Wildman–Crippen LogP) is 14.3. The molecule has 276 valence electrons. The fourth-order valence-corrected chi connectivity index (χ4v) is 6.92. The number of rotatable bonds is 6. The highest BCUT2D eigenvalue weighted by molar-refractivity contribution is 5.83. The average Bonchev–Trinajstić information content (AvgIpc) is 3.06. The molecule has 53 heavy (non-hydrogen) atoms. The summed E-state index contributed by atoms with van der Waals surface area (Å²) < 4.78 is 0. The summed E-state index contributed by atoms with van der Waals surface area (Å²) in [6.07, 6.45) is 8.70. The van der Waals surface area contributed by atoms with Crippen LogP contribution in [0.1, 0.15) is 133 Å². The first-order valence-electron chi connectivity index (χ1n) is 19.0. The molecule has 0 spiro atoms. The van der Waals surface area contributed by atoms with Crippen molar-refractivity contribution in [1.82, 2.24) is 0 Å². The molecule has 2 nitrogen and oxygen atoms in total. The number of phenols is 2. The third-order valence-electron chi connectivity index (χ3n) is 10.2. The summed E-state index contributed by atoms with van der Waals surface area (Å²) in [5.41, 5.74) is 13.4. The molecular formula is C51H60O2. The lowest BCUT2D eigenvalue weighted by molar-refractivity contribution is 0.422. The molecule has 0 aliphatic carbocycles. The van der Waals surface area contributed by atoms with E-state index < -0.39 is 0 Å². The van der Waals surface area contributed by atoms with Gasteiger partial charge >= 0.3 is 0 Å². The molecule has 0 aliphatic heterocycles. The summed E-state index contributed by atoms with van der Waals surface area (Å²) in [5, 5.41) is 22.6. The van der Waals surface area contributed by atoms with E-state index in [2.05, 4.69) is 205 Å². The van der Waals surface area contributed by atoms with Crippen LogP contribution in [0.3, 0.4) is 0 Å². The van der Waals surface area contributed by atoms with Gasteiger partial charge in [-0.15, -0.1) is 0 Å². The van der Waals surface area contributed by atoms with Gasteiger partial charge < -0.3 is 10.2 Å². The Morgan fingerprint density at radius 1 is 0.396 bits per heavy atom. The van der Waals surface area contributed by atoms with Gasteiger partial charge in [-0.3, -0.25) is 0 Å². The van der Waals surface area contributed by atoms with E-state index in [0.717, 1.165) is 61.2 Å². The van der Waals surface area contributed by atoms with Crippen molar-refractivity contribution in [2.75, 3.05) is 0 Å². The Bertz CT molecular complexity index is 2090. The van der Waals surface area contributed by atoms with Crippen LogP contribution in [-0.2, 0) is 21.7 Å². The largest absolute Gasteiger partial charge is 0.507 e. The minimum absolute atomic E-state index is 0.185. The molecule has 2 heteroatoms. The number of aromatic hydroxyl groups is 2. The first kappa shape index (κ1) is 39.4. The van der Waals surface area contributed by atoms with Crippen molar-refractivity contribution in [3.8, 4) is 33.8 Å². The van der Waals surface area contributed by atoms with Gasteiger partial charge in [-0.2, -0.15) is 0 Å². The number of phenolic OH excluding ortho intramolecular Hbond substituents is 2. The average molecular weight is 705 g/mol. The van der Waals surface area contributed by atoms with E-state index in [1.54, 1.807) is 0 Å². The van der Waals surface area contributed by atoms with Crippen LogP contribution >= 0.6 is 0 Å². The molecule has 5 rings (SSSR count). The predicted molar refractivity (Wildman–Crippen MR) is 231 cm³/mol. The van der Waals surface area contributed by atoms with Gasteiger partial charge in [-0.1, -0.05) is 168 Å². The van der Waals surface area contributed by atoms with Crippen molar-refractivity contribution >= 4 is 24.3 Å². The van der Waals surface area contributed by atoms with E-state index in [4.69, 9.17) is 0 Å². The van der Waals surface area contributed by atoms with Crippen molar-refractivity contribution in [2.45, 2.75) is 112 Å². The Labute approximate surface area is 320 Å². The second kappa shape index (κ2) is 14.5. The van der Waals surface area contributed by atoms with Crippen molar-refractivity contribution in [3.63, 3.8) is 0 Å². The number of benzene rings is 5. The van der Waals surface area contributed by atoms with Crippen LogP contribution in [0, 0.1) is 6.92 Å². The third-order valence-corrected chi connectivity index (χ3v) is 10.2. The lowest BCUT2D eigenvalue weighted by Crippen LogP contribution is -2.17. The smallest absolute Gasteiger partial charge is 0.123 e. The minimum Gasteiger partial charge on any atom is -0.507 e. The molecule has 0 aliphatic rings. The van der Waals surface area contributed by atoms with Gasteiger partial charge in [0, 0.05) is 22.3 Å². The maximum Gasteiger partial charge on any atom is 0.123 e. The Hall–Kier alpha value is -4.82. The molecule has 0 aromatic heterocycles. The highest BCUT2D eigenvalue weighted by Crippen LogP contribution is 2.44. The summed E-state index contributed by atoms with van der Waals surface area (Å²) in [7, 11) is 0. The number of aryl methyl sites for hydroxylation is 1. The molecule has 0 radical (unpaired) electrons. The summed E-state index contributed by atoms with van der Waals surface area (Å²) in [5.74, 6) is 0.812. The van der Waals surface area contributed by atoms with Crippen LogP contribution in [-0.4, -0.2) is 10.2 Å². The topological polar surface area (TPSA) is 40.5 Å². The third kappa shape index (κ3) is 9.05. The molecule has 0 fully saturated rings. The highest BCUT2D eigenvalue weighted by Gasteiger charge is 2.28. The van der Waals surface area contributed by atoms with Crippen molar-refractivity contribution in [2.24, 2.45) is 0 Å². The number of hydrogen-bond acceptors (Lipinski definition) is 2. The van der Waals surface area contributed by atoms with E-state index in [-0.39, 0.29) is 21.7 Å². The van der Waals surface area contributed by atoms with E-state index in [1.165, 1.54) is 11.1 Å². The first-order chi connectivity index (χ1) is 24.5. The SMILES string of the molecule is Cc1ccc(/C=C/c2ccc(/C=C/c3ccccc3-c3cc(C(C)(C)C)c(O)c(C(C)(C)C)c3)cc2)cc1-c1cc(C(C)(C)C)c(O)c(C(C)(C)C)c1. The van der Waals surface area contributed by atoms with Crippen LogP contribution in [0.25, 0.3) is 46.6 Å². The Kier molecular flexibility index (Phi) is 10.8. The van der Waals surface area contributed by atoms with Gasteiger partial charge in [0.05, 0.1) is 0 Å². The van der Waals surface area contributed by atoms with Crippen molar-refractivity contribution in [1.29, 1.82) is 0 Å². The van der Waals surface area contributed by atoms with Crippen LogP contribution in [0.5, 0.6) is 11.5 Å². The van der Waals surface area contributed by atoms with Crippen LogP contribution < -0.4 is 0 Å². The fourth-order valence-electron chi connectivity index (χ4n) is 6.92. The van der Waals surface area contributed by atoms with Gasteiger partial charge in [0.25, 0.3) is 0 Å². The highest BCUT2D eigenvalue weighted by atomic mass is 16.3. The van der Waals surface area contributed by atoms with Gasteiger partial charge in [0.2, 0.25) is 0 Å². The molecule has 5 aromatic carbocycles. The van der Waals surface area contributed by atoms with Gasteiger partial charge in [-0.25, -0.2) is 0 Å². The van der Waals surface area contributed by atoms with E-state index in [1.807, 2.05) is 0 Å². The molecule has 0 bridgehead atoms. The zero-order chi connectivity index (χ0) is 39.1. The molecule has 0 atom stereocenters. The zero-order valence-corrected chi connectivity index (χ0v) is 34.4. The van der Waals surface area contributed by atoms with E-state index in [9.17, 15) is 10.2 Å². The summed E-state index contributed by atoms with van der Waals surface area (Å²) in [4.78, 5) is 0. The summed E-state index contributed by atoms with van der Waals surface area (Å²) >= 11 is 0. The lowest BCUT2D eigenvalue weighted by atomic mass is 9.77. The van der Waals surface area contributed by atoms with Gasteiger partial charge in [-0.05, 0) is 109 Å². The maximum absolute atomic E-state index is 11.3. The molecule has 2 N–H and O–H groups in total.